The van der Waals surface area contributed by atoms with Crippen molar-refractivity contribution in [1.82, 2.24) is 14.5 Å². The molecule has 136 valence electrons. The number of thioether (sulfide) groups is 1. The highest BCUT2D eigenvalue weighted by Crippen LogP contribution is 2.47. The molecule has 3 atom stereocenters. The molecule has 1 saturated carbocycles. The maximum absolute atomic E-state index is 5.08. The summed E-state index contributed by atoms with van der Waals surface area (Å²) in [5.41, 5.74) is 2.47. The summed E-state index contributed by atoms with van der Waals surface area (Å²) >= 11 is 1.91. The number of amidine groups is 1. The van der Waals surface area contributed by atoms with Crippen LogP contribution in [0, 0.1) is 0 Å². The predicted octanol–water partition coefficient (Wildman–Crippen LogP) is 4.98. The van der Waals surface area contributed by atoms with Gasteiger partial charge in [0.25, 0.3) is 0 Å². The van der Waals surface area contributed by atoms with Crippen LogP contribution >= 0.6 is 11.8 Å². The fourth-order valence-corrected chi connectivity index (χ4v) is 5.78. The van der Waals surface area contributed by atoms with Crippen LogP contribution in [-0.2, 0) is 0 Å². The number of hydrogen-bond acceptors (Lipinski definition) is 4. The molecule has 0 spiro atoms. The first-order valence-electron chi connectivity index (χ1n) is 9.89. The van der Waals surface area contributed by atoms with E-state index in [2.05, 4.69) is 52.0 Å². The van der Waals surface area contributed by atoms with E-state index in [1.807, 2.05) is 24.0 Å². The van der Waals surface area contributed by atoms with Crippen LogP contribution < -0.4 is 0 Å². The number of nitrogens with zero attached hydrogens (tertiary/aromatic N) is 4. The molecular formula is C21H26N4S. The first-order chi connectivity index (χ1) is 12.8. The van der Waals surface area contributed by atoms with Gasteiger partial charge in [0.15, 0.2) is 5.17 Å². The molecule has 0 amide bonds. The first-order valence-corrected chi connectivity index (χ1v) is 10.8. The third-order valence-electron chi connectivity index (χ3n) is 5.96. The average Bonchev–Trinajstić information content (AvgIpc) is 3.37. The zero-order valence-electron chi connectivity index (χ0n) is 15.3. The molecule has 0 bridgehead atoms. The zero-order chi connectivity index (χ0) is 17.5. The predicted molar refractivity (Wildman–Crippen MR) is 107 cm³/mol. The van der Waals surface area contributed by atoms with E-state index in [1.165, 1.54) is 42.8 Å². The number of pyridine rings is 1. The summed E-state index contributed by atoms with van der Waals surface area (Å²) in [7, 11) is 0. The highest BCUT2D eigenvalue weighted by atomic mass is 32.2. The number of aliphatic imine (C=N–C) groups is 1. The molecule has 0 aromatic carbocycles. The Kier molecular flexibility index (Phi) is 4.27. The largest absolute Gasteiger partial charge is 0.351 e. The molecule has 0 radical (unpaired) electrons. The molecule has 1 aliphatic carbocycles. The van der Waals surface area contributed by atoms with Gasteiger partial charge in [0.1, 0.15) is 6.04 Å². The van der Waals surface area contributed by atoms with Crippen LogP contribution in [0.2, 0.25) is 0 Å². The fourth-order valence-electron chi connectivity index (χ4n) is 4.69. The Morgan fingerprint density at radius 1 is 1.12 bits per heavy atom. The van der Waals surface area contributed by atoms with E-state index in [0.29, 0.717) is 11.3 Å². The van der Waals surface area contributed by atoms with E-state index in [9.17, 15) is 0 Å². The lowest BCUT2D eigenvalue weighted by molar-refractivity contribution is 0.318. The van der Waals surface area contributed by atoms with Crippen molar-refractivity contribution < 1.29 is 0 Å². The smallest absolute Gasteiger partial charge is 0.160 e. The summed E-state index contributed by atoms with van der Waals surface area (Å²) in [5.74, 6) is 0. The van der Waals surface area contributed by atoms with Crippen molar-refractivity contribution in [3.8, 4) is 0 Å². The Labute approximate surface area is 159 Å². The minimum atomic E-state index is 0.105. The van der Waals surface area contributed by atoms with Gasteiger partial charge in [0.2, 0.25) is 0 Å². The Morgan fingerprint density at radius 3 is 2.81 bits per heavy atom. The molecule has 5 heteroatoms. The van der Waals surface area contributed by atoms with E-state index in [1.54, 1.807) is 0 Å². The van der Waals surface area contributed by atoms with Crippen molar-refractivity contribution in [1.29, 1.82) is 0 Å². The molecule has 2 aromatic rings. The molecule has 0 N–H and O–H groups in total. The van der Waals surface area contributed by atoms with E-state index < -0.39 is 0 Å². The number of fused-ring (bicyclic) bond motifs is 1. The normalized spacial score (nSPS) is 29.0. The van der Waals surface area contributed by atoms with Gasteiger partial charge in [-0.05, 0) is 36.6 Å². The Bertz CT molecular complexity index is 793. The minimum absolute atomic E-state index is 0.105. The van der Waals surface area contributed by atoms with Crippen LogP contribution in [0.1, 0.15) is 68.4 Å². The highest BCUT2D eigenvalue weighted by molar-refractivity contribution is 8.14. The van der Waals surface area contributed by atoms with E-state index >= 15 is 0 Å². The summed E-state index contributed by atoms with van der Waals surface area (Å²) in [6.45, 7) is 3.37. The van der Waals surface area contributed by atoms with Gasteiger partial charge in [-0.3, -0.25) is 9.98 Å². The van der Waals surface area contributed by atoms with Gasteiger partial charge in [-0.15, -0.1) is 0 Å². The monoisotopic (exact) mass is 366 g/mol. The summed E-state index contributed by atoms with van der Waals surface area (Å²) < 4.78 is 2.47. The maximum Gasteiger partial charge on any atom is 0.160 e. The van der Waals surface area contributed by atoms with Gasteiger partial charge in [-0.25, -0.2) is 0 Å². The molecule has 1 saturated heterocycles. The van der Waals surface area contributed by atoms with Crippen LogP contribution in [0.25, 0.3) is 0 Å². The third kappa shape index (κ3) is 2.86. The molecule has 3 aliphatic rings. The molecule has 2 aromatic heterocycles. The van der Waals surface area contributed by atoms with E-state index in [4.69, 9.17) is 4.99 Å². The molecule has 26 heavy (non-hydrogen) atoms. The van der Waals surface area contributed by atoms with Gasteiger partial charge in [0.05, 0.1) is 11.7 Å². The third-order valence-corrected chi connectivity index (χ3v) is 7.06. The summed E-state index contributed by atoms with van der Waals surface area (Å²) in [6, 6.07) is 9.57. The van der Waals surface area contributed by atoms with Gasteiger partial charge in [-0.2, -0.15) is 0 Å². The lowest BCUT2D eigenvalue weighted by Gasteiger charge is -2.27. The second kappa shape index (κ2) is 6.76. The SMILES string of the molecule is CC1CN2C(=NC(c3ccccn3)C2c2ccn(C3CCCCC3)c2)S1. The van der Waals surface area contributed by atoms with Crippen LogP contribution in [-0.4, -0.2) is 31.4 Å². The number of rotatable bonds is 3. The first kappa shape index (κ1) is 16.4. The van der Waals surface area contributed by atoms with E-state index in [-0.39, 0.29) is 12.1 Å². The molecule has 4 nitrogen and oxygen atoms in total. The van der Waals surface area contributed by atoms with Crippen LogP contribution in [0.5, 0.6) is 0 Å². The summed E-state index contributed by atoms with van der Waals surface area (Å²) in [6.07, 6.45) is 13.3. The summed E-state index contributed by atoms with van der Waals surface area (Å²) in [4.78, 5) is 12.2. The lowest BCUT2D eigenvalue weighted by atomic mass is 9.95. The maximum atomic E-state index is 5.08. The van der Waals surface area contributed by atoms with Gasteiger partial charge in [-0.1, -0.05) is 44.0 Å². The molecule has 5 rings (SSSR count). The quantitative estimate of drug-likeness (QED) is 0.768. The second-order valence-corrected chi connectivity index (χ2v) is 9.23. The van der Waals surface area contributed by atoms with E-state index in [0.717, 1.165) is 12.2 Å². The van der Waals surface area contributed by atoms with Crippen molar-refractivity contribution in [2.75, 3.05) is 6.54 Å². The Balaban J connectivity index is 1.48. The highest BCUT2D eigenvalue weighted by Gasteiger charge is 2.43. The van der Waals surface area contributed by atoms with Crippen molar-refractivity contribution >= 4 is 16.9 Å². The second-order valence-electron chi connectivity index (χ2n) is 7.82. The minimum Gasteiger partial charge on any atom is -0.351 e. The Hall–Kier alpha value is -1.75. The van der Waals surface area contributed by atoms with Crippen LogP contribution in [0.4, 0.5) is 0 Å². The van der Waals surface area contributed by atoms with Gasteiger partial charge >= 0.3 is 0 Å². The Morgan fingerprint density at radius 2 is 2.00 bits per heavy atom. The van der Waals surface area contributed by atoms with Crippen molar-refractivity contribution in [2.45, 2.75) is 62.4 Å². The standard InChI is InChI=1S/C21H26N4S/c1-15-13-25-20(16-10-12-24(14-16)17-7-3-2-4-8-17)19(23-21(25)26-15)18-9-5-6-11-22-18/h5-6,9-12,14-15,17,19-20H,2-4,7-8,13H2,1H3. The fraction of sp³-hybridized carbons (Fsp3) is 0.524. The molecule has 3 unspecified atom stereocenters. The summed E-state index contributed by atoms with van der Waals surface area (Å²) in [5, 5.41) is 1.81. The van der Waals surface area contributed by atoms with Crippen molar-refractivity contribution in [3.05, 3.63) is 54.1 Å². The molecule has 2 fully saturated rings. The zero-order valence-corrected chi connectivity index (χ0v) is 16.1. The molecule has 4 heterocycles. The molecule has 2 aliphatic heterocycles. The van der Waals surface area contributed by atoms with Gasteiger partial charge in [0, 0.05) is 36.4 Å². The van der Waals surface area contributed by atoms with Crippen LogP contribution in [0.15, 0.2) is 47.8 Å². The van der Waals surface area contributed by atoms with Crippen LogP contribution in [0.3, 0.4) is 0 Å². The van der Waals surface area contributed by atoms with Crippen molar-refractivity contribution in [3.63, 3.8) is 0 Å². The topological polar surface area (TPSA) is 33.4 Å². The van der Waals surface area contributed by atoms with Gasteiger partial charge < -0.3 is 9.47 Å². The number of aromatic nitrogens is 2. The average molecular weight is 367 g/mol. The number of hydrogen-bond donors (Lipinski definition) is 0. The lowest BCUT2D eigenvalue weighted by Crippen LogP contribution is -2.28. The van der Waals surface area contributed by atoms with Crippen molar-refractivity contribution in [2.24, 2.45) is 4.99 Å². The molecular weight excluding hydrogens is 340 g/mol.